The summed E-state index contributed by atoms with van der Waals surface area (Å²) < 4.78 is 27.4. The maximum absolute atomic E-state index is 12.4. The highest BCUT2D eigenvalue weighted by molar-refractivity contribution is 7.89. The Labute approximate surface area is 160 Å². The minimum absolute atomic E-state index is 0.133. The average molecular weight is 388 g/mol. The molecule has 0 saturated carbocycles. The zero-order valence-corrected chi connectivity index (χ0v) is 16.0. The molecule has 1 aliphatic rings. The first-order chi connectivity index (χ1) is 13.0. The third-order valence-electron chi connectivity index (χ3n) is 4.61. The van der Waals surface area contributed by atoms with E-state index in [0.717, 1.165) is 37.9 Å². The minimum atomic E-state index is -3.57. The van der Waals surface area contributed by atoms with Crippen LogP contribution < -0.4 is 10.0 Å². The summed E-state index contributed by atoms with van der Waals surface area (Å²) in [5, 5.41) is 2.83. The van der Waals surface area contributed by atoms with Crippen LogP contribution in [-0.4, -0.2) is 39.0 Å². The van der Waals surface area contributed by atoms with Gasteiger partial charge < -0.3 is 10.2 Å². The lowest BCUT2D eigenvalue weighted by molar-refractivity contribution is 0.200. The summed E-state index contributed by atoms with van der Waals surface area (Å²) in [6.07, 6.45) is 3.84. The number of nitrogens with zero attached hydrogens (tertiary/aromatic N) is 1. The number of hydrogen-bond acceptors (Lipinski definition) is 3. The van der Waals surface area contributed by atoms with E-state index < -0.39 is 10.0 Å². The monoisotopic (exact) mass is 387 g/mol. The van der Waals surface area contributed by atoms with E-state index in [-0.39, 0.29) is 10.9 Å². The minimum Gasteiger partial charge on any atom is -0.325 e. The van der Waals surface area contributed by atoms with Crippen LogP contribution in [0.5, 0.6) is 0 Å². The Morgan fingerprint density at radius 3 is 2.26 bits per heavy atom. The summed E-state index contributed by atoms with van der Waals surface area (Å²) in [6.45, 7) is 1.87. The van der Waals surface area contributed by atoms with E-state index in [0.29, 0.717) is 18.7 Å². The Morgan fingerprint density at radius 1 is 0.926 bits per heavy atom. The Bertz CT molecular complexity index is 846. The number of urea groups is 1. The quantitative estimate of drug-likeness (QED) is 0.799. The van der Waals surface area contributed by atoms with Crippen LogP contribution in [0.3, 0.4) is 0 Å². The second kappa shape index (κ2) is 9.01. The lowest BCUT2D eigenvalue weighted by Crippen LogP contribution is -2.38. The number of benzene rings is 2. The van der Waals surface area contributed by atoms with Gasteiger partial charge in [0, 0.05) is 25.3 Å². The van der Waals surface area contributed by atoms with Gasteiger partial charge in [-0.1, -0.05) is 30.3 Å². The van der Waals surface area contributed by atoms with Crippen molar-refractivity contribution in [1.82, 2.24) is 9.62 Å². The molecule has 144 valence electrons. The number of hydrogen-bond donors (Lipinski definition) is 2. The van der Waals surface area contributed by atoms with Crippen molar-refractivity contribution in [2.45, 2.75) is 30.6 Å². The molecule has 0 spiro atoms. The third-order valence-corrected chi connectivity index (χ3v) is 6.08. The number of carbonyl (C=O) groups is 1. The van der Waals surface area contributed by atoms with Gasteiger partial charge in [0.2, 0.25) is 10.0 Å². The average Bonchev–Trinajstić information content (AvgIpc) is 2.70. The number of piperidine rings is 1. The van der Waals surface area contributed by atoms with Gasteiger partial charge in [0.05, 0.1) is 4.90 Å². The molecule has 1 aliphatic heterocycles. The normalized spacial score (nSPS) is 14.7. The summed E-state index contributed by atoms with van der Waals surface area (Å²) in [5.41, 5.74) is 1.67. The molecule has 1 heterocycles. The first kappa shape index (κ1) is 19.4. The zero-order chi connectivity index (χ0) is 19.1. The number of sulfonamides is 1. The molecule has 2 aromatic carbocycles. The van der Waals surface area contributed by atoms with Crippen LogP contribution >= 0.6 is 0 Å². The van der Waals surface area contributed by atoms with Crippen molar-refractivity contribution in [2.24, 2.45) is 0 Å². The van der Waals surface area contributed by atoms with E-state index >= 15 is 0 Å². The fourth-order valence-corrected chi connectivity index (χ4v) is 4.11. The molecule has 1 saturated heterocycles. The highest BCUT2D eigenvalue weighted by Gasteiger charge is 2.17. The summed E-state index contributed by atoms with van der Waals surface area (Å²) in [4.78, 5) is 14.2. The molecule has 27 heavy (non-hydrogen) atoms. The van der Waals surface area contributed by atoms with Gasteiger partial charge in [-0.3, -0.25) is 0 Å². The van der Waals surface area contributed by atoms with Crippen molar-refractivity contribution >= 4 is 21.7 Å². The molecule has 2 N–H and O–H groups in total. The number of nitrogens with one attached hydrogen (secondary N) is 2. The fraction of sp³-hybridized carbons (Fsp3) is 0.350. The van der Waals surface area contributed by atoms with Crippen molar-refractivity contribution in [1.29, 1.82) is 0 Å². The highest BCUT2D eigenvalue weighted by atomic mass is 32.2. The van der Waals surface area contributed by atoms with Gasteiger partial charge in [0.1, 0.15) is 0 Å². The topological polar surface area (TPSA) is 78.5 Å². The van der Waals surface area contributed by atoms with E-state index in [1.54, 1.807) is 17.0 Å². The standard InChI is InChI=1S/C20H25N3O3S/c24-20(23-15-5-2-6-16-23)22-18-9-11-19(12-10-18)27(25,26)21-14-13-17-7-3-1-4-8-17/h1,3-4,7-12,21H,2,5-6,13-16H2,(H,22,24). The predicted molar refractivity (Wildman–Crippen MR) is 106 cm³/mol. The molecular weight excluding hydrogens is 362 g/mol. The summed E-state index contributed by atoms with van der Waals surface area (Å²) >= 11 is 0. The van der Waals surface area contributed by atoms with Gasteiger partial charge in [-0.2, -0.15) is 0 Å². The van der Waals surface area contributed by atoms with Crippen LogP contribution in [0.4, 0.5) is 10.5 Å². The molecule has 6 nitrogen and oxygen atoms in total. The molecule has 3 rings (SSSR count). The lowest BCUT2D eigenvalue weighted by Gasteiger charge is -2.26. The molecule has 0 unspecified atom stereocenters. The smallest absolute Gasteiger partial charge is 0.321 e. The van der Waals surface area contributed by atoms with E-state index in [1.807, 2.05) is 30.3 Å². The number of likely N-dealkylation sites (tertiary alicyclic amines) is 1. The van der Waals surface area contributed by atoms with Gasteiger partial charge in [0.15, 0.2) is 0 Å². The molecule has 0 aromatic heterocycles. The van der Waals surface area contributed by atoms with E-state index in [4.69, 9.17) is 0 Å². The Hall–Kier alpha value is -2.38. The van der Waals surface area contributed by atoms with Crippen LogP contribution in [0.2, 0.25) is 0 Å². The zero-order valence-electron chi connectivity index (χ0n) is 15.2. The van der Waals surface area contributed by atoms with Crippen LogP contribution in [0.1, 0.15) is 24.8 Å². The molecule has 2 aromatic rings. The van der Waals surface area contributed by atoms with Crippen LogP contribution in [0.15, 0.2) is 59.5 Å². The van der Waals surface area contributed by atoms with E-state index in [9.17, 15) is 13.2 Å². The maximum atomic E-state index is 12.4. The number of rotatable bonds is 6. The molecular formula is C20H25N3O3S. The van der Waals surface area contributed by atoms with Crippen LogP contribution in [0.25, 0.3) is 0 Å². The SMILES string of the molecule is O=C(Nc1ccc(S(=O)(=O)NCCc2ccccc2)cc1)N1CCCCC1. The predicted octanol–water partition coefficient (Wildman–Crippen LogP) is 3.23. The van der Waals surface area contributed by atoms with Gasteiger partial charge in [0.25, 0.3) is 0 Å². The van der Waals surface area contributed by atoms with Crippen LogP contribution in [0, 0.1) is 0 Å². The number of carbonyl (C=O) groups excluding carboxylic acids is 1. The first-order valence-electron chi connectivity index (χ1n) is 9.24. The number of anilines is 1. The second-order valence-electron chi connectivity index (χ2n) is 6.64. The largest absolute Gasteiger partial charge is 0.325 e. The molecule has 0 radical (unpaired) electrons. The van der Waals surface area contributed by atoms with Crippen molar-refractivity contribution in [3.05, 3.63) is 60.2 Å². The molecule has 2 amide bonds. The van der Waals surface area contributed by atoms with Crippen molar-refractivity contribution in [3.63, 3.8) is 0 Å². The molecule has 0 bridgehead atoms. The summed E-state index contributed by atoms with van der Waals surface area (Å²) in [5.74, 6) is 0. The number of amides is 2. The molecule has 1 fully saturated rings. The lowest BCUT2D eigenvalue weighted by atomic mass is 10.1. The van der Waals surface area contributed by atoms with Crippen molar-refractivity contribution in [3.8, 4) is 0 Å². The summed E-state index contributed by atoms with van der Waals surface area (Å²) in [6, 6.07) is 15.9. The van der Waals surface area contributed by atoms with Gasteiger partial charge in [-0.05, 0) is 55.5 Å². The Kier molecular flexibility index (Phi) is 6.47. The second-order valence-corrected chi connectivity index (χ2v) is 8.40. The fourth-order valence-electron chi connectivity index (χ4n) is 3.07. The van der Waals surface area contributed by atoms with Crippen molar-refractivity contribution in [2.75, 3.05) is 25.0 Å². The molecule has 0 atom stereocenters. The molecule has 0 aliphatic carbocycles. The van der Waals surface area contributed by atoms with Crippen molar-refractivity contribution < 1.29 is 13.2 Å². The van der Waals surface area contributed by atoms with Gasteiger partial charge in [-0.25, -0.2) is 17.9 Å². The van der Waals surface area contributed by atoms with E-state index in [1.165, 1.54) is 12.1 Å². The van der Waals surface area contributed by atoms with Gasteiger partial charge in [-0.15, -0.1) is 0 Å². The van der Waals surface area contributed by atoms with Gasteiger partial charge >= 0.3 is 6.03 Å². The highest BCUT2D eigenvalue weighted by Crippen LogP contribution is 2.16. The Morgan fingerprint density at radius 2 is 1.59 bits per heavy atom. The maximum Gasteiger partial charge on any atom is 0.321 e. The third kappa shape index (κ3) is 5.55. The first-order valence-corrected chi connectivity index (χ1v) is 10.7. The molecule has 7 heteroatoms. The summed E-state index contributed by atoms with van der Waals surface area (Å²) in [7, 11) is -3.57. The Balaban J connectivity index is 1.54. The van der Waals surface area contributed by atoms with E-state index in [2.05, 4.69) is 10.0 Å². The van der Waals surface area contributed by atoms with Crippen LogP contribution in [-0.2, 0) is 16.4 Å².